The van der Waals surface area contributed by atoms with Crippen LogP contribution in [0, 0.1) is 0 Å². The van der Waals surface area contributed by atoms with Crippen LogP contribution in [-0.4, -0.2) is 25.4 Å². The van der Waals surface area contributed by atoms with Crippen molar-refractivity contribution in [2.75, 3.05) is 20.3 Å². The molecule has 0 aliphatic heterocycles. The zero-order valence-corrected chi connectivity index (χ0v) is 9.82. The lowest BCUT2D eigenvalue weighted by Gasteiger charge is -2.23. The Morgan fingerprint density at radius 3 is 2.94 bits per heavy atom. The summed E-state index contributed by atoms with van der Waals surface area (Å²) >= 11 is 0. The summed E-state index contributed by atoms with van der Waals surface area (Å²) in [4.78, 5) is 0. The quantitative estimate of drug-likeness (QED) is 0.845. The summed E-state index contributed by atoms with van der Waals surface area (Å²) in [6.45, 7) is 2.93. The minimum atomic E-state index is -0.833. The Kier molecular flexibility index (Phi) is 3.17. The first-order valence-electron chi connectivity index (χ1n) is 5.67. The Labute approximate surface area is 96.0 Å². The molecule has 0 fully saturated rings. The molecule has 3 heteroatoms. The van der Waals surface area contributed by atoms with Crippen LogP contribution < -0.4 is 4.74 Å². The zero-order chi connectivity index (χ0) is 11.6. The van der Waals surface area contributed by atoms with Crippen molar-refractivity contribution in [2.24, 2.45) is 0 Å². The zero-order valence-electron chi connectivity index (χ0n) is 9.82. The van der Waals surface area contributed by atoms with Crippen LogP contribution >= 0.6 is 0 Å². The van der Waals surface area contributed by atoms with Crippen LogP contribution in [0.25, 0.3) is 0 Å². The van der Waals surface area contributed by atoms with E-state index in [-0.39, 0.29) is 0 Å². The Balaban J connectivity index is 2.29. The van der Waals surface area contributed by atoms with Gasteiger partial charge in [-0.3, -0.25) is 0 Å². The summed E-state index contributed by atoms with van der Waals surface area (Å²) in [7, 11) is 1.64. The third-order valence-electron chi connectivity index (χ3n) is 3.17. The number of methoxy groups -OCH3 is 1. The van der Waals surface area contributed by atoms with E-state index in [1.54, 1.807) is 7.11 Å². The molecule has 1 aromatic carbocycles. The summed E-state index contributed by atoms with van der Waals surface area (Å²) < 4.78 is 10.5. The van der Waals surface area contributed by atoms with Gasteiger partial charge in [-0.25, -0.2) is 0 Å². The number of benzene rings is 1. The van der Waals surface area contributed by atoms with Crippen LogP contribution in [0.5, 0.6) is 5.75 Å². The van der Waals surface area contributed by atoms with Crippen LogP contribution in [0.4, 0.5) is 0 Å². The average molecular weight is 222 g/mol. The Hall–Kier alpha value is -1.06. The van der Waals surface area contributed by atoms with Crippen molar-refractivity contribution in [1.82, 2.24) is 0 Å². The molecule has 3 nitrogen and oxygen atoms in total. The summed E-state index contributed by atoms with van der Waals surface area (Å²) in [5.74, 6) is 0.788. The second-order valence-corrected chi connectivity index (χ2v) is 4.19. The molecule has 0 radical (unpaired) electrons. The Morgan fingerprint density at radius 2 is 2.25 bits per heavy atom. The van der Waals surface area contributed by atoms with Gasteiger partial charge in [-0.2, -0.15) is 0 Å². The number of fused-ring (bicyclic) bond motifs is 1. The molecule has 88 valence electrons. The first-order chi connectivity index (χ1) is 7.69. The lowest BCUT2D eigenvalue weighted by atomic mass is 9.97. The first kappa shape index (κ1) is 11.4. The molecule has 1 aromatic rings. The molecule has 2 rings (SSSR count). The van der Waals surface area contributed by atoms with E-state index in [4.69, 9.17) is 9.47 Å². The smallest absolute Gasteiger partial charge is 0.119 e. The fraction of sp³-hybridized carbons (Fsp3) is 0.538. The molecule has 0 bridgehead atoms. The predicted octanol–water partition coefficient (Wildman–Crippen LogP) is 1.87. The molecule has 0 amide bonds. The van der Waals surface area contributed by atoms with Crippen LogP contribution in [0.1, 0.15) is 24.5 Å². The molecule has 0 spiro atoms. The van der Waals surface area contributed by atoms with Crippen molar-refractivity contribution in [3.63, 3.8) is 0 Å². The molecule has 0 aromatic heterocycles. The fourth-order valence-corrected chi connectivity index (χ4v) is 2.23. The first-order valence-corrected chi connectivity index (χ1v) is 5.67. The third kappa shape index (κ3) is 1.93. The van der Waals surface area contributed by atoms with E-state index in [2.05, 4.69) is 0 Å². The van der Waals surface area contributed by atoms with E-state index in [9.17, 15) is 5.11 Å². The number of rotatable bonds is 4. The number of hydrogen-bond donors (Lipinski definition) is 1. The maximum absolute atomic E-state index is 10.5. The van der Waals surface area contributed by atoms with Crippen LogP contribution in [0.2, 0.25) is 0 Å². The maximum atomic E-state index is 10.5. The monoisotopic (exact) mass is 222 g/mol. The van der Waals surface area contributed by atoms with E-state index < -0.39 is 5.60 Å². The van der Waals surface area contributed by atoms with E-state index in [0.717, 1.165) is 24.2 Å². The van der Waals surface area contributed by atoms with Gasteiger partial charge in [-0.1, -0.05) is 6.07 Å². The van der Waals surface area contributed by atoms with Gasteiger partial charge in [0.05, 0.1) is 13.7 Å². The molecule has 0 saturated heterocycles. The van der Waals surface area contributed by atoms with Gasteiger partial charge in [-0.05, 0) is 43.0 Å². The second-order valence-electron chi connectivity index (χ2n) is 4.19. The standard InChI is InChI=1S/C13H18O3/c1-3-16-9-13(14)7-6-10-4-5-11(15-2)8-12(10)13/h4-5,8,14H,3,6-7,9H2,1-2H3. The normalized spacial score (nSPS) is 23.2. The lowest BCUT2D eigenvalue weighted by molar-refractivity contribution is -0.0465. The van der Waals surface area contributed by atoms with Crippen molar-refractivity contribution in [3.8, 4) is 5.75 Å². The van der Waals surface area contributed by atoms with Crippen molar-refractivity contribution in [1.29, 1.82) is 0 Å². The highest BCUT2D eigenvalue weighted by atomic mass is 16.5. The van der Waals surface area contributed by atoms with Gasteiger partial charge in [0.15, 0.2) is 0 Å². The van der Waals surface area contributed by atoms with Gasteiger partial charge in [0.2, 0.25) is 0 Å². The SMILES string of the molecule is CCOCC1(O)CCc2ccc(OC)cc21. The summed E-state index contributed by atoms with van der Waals surface area (Å²) in [6, 6.07) is 5.88. The molecular weight excluding hydrogens is 204 g/mol. The van der Waals surface area contributed by atoms with Gasteiger partial charge in [0.1, 0.15) is 11.4 Å². The Bertz CT molecular complexity index is 375. The van der Waals surface area contributed by atoms with Crippen molar-refractivity contribution in [3.05, 3.63) is 29.3 Å². The Morgan fingerprint density at radius 1 is 1.44 bits per heavy atom. The molecule has 1 unspecified atom stereocenters. The van der Waals surface area contributed by atoms with Crippen molar-refractivity contribution in [2.45, 2.75) is 25.4 Å². The highest BCUT2D eigenvalue weighted by molar-refractivity contribution is 5.42. The minimum Gasteiger partial charge on any atom is -0.497 e. The summed E-state index contributed by atoms with van der Waals surface area (Å²) in [5.41, 5.74) is 1.32. The topological polar surface area (TPSA) is 38.7 Å². The highest BCUT2D eigenvalue weighted by Gasteiger charge is 2.37. The molecule has 1 atom stereocenters. The molecule has 0 saturated carbocycles. The number of ether oxygens (including phenoxy) is 2. The molecule has 1 aliphatic rings. The maximum Gasteiger partial charge on any atom is 0.119 e. The fourth-order valence-electron chi connectivity index (χ4n) is 2.23. The van der Waals surface area contributed by atoms with Crippen LogP contribution in [-0.2, 0) is 16.8 Å². The van der Waals surface area contributed by atoms with Gasteiger partial charge >= 0.3 is 0 Å². The lowest BCUT2D eigenvalue weighted by Crippen LogP contribution is -2.28. The van der Waals surface area contributed by atoms with Gasteiger partial charge in [0.25, 0.3) is 0 Å². The van der Waals surface area contributed by atoms with Crippen LogP contribution in [0.3, 0.4) is 0 Å². The molecular formula is C13H18O3. The number of hydrogen-bond acceptors (Lipinski definition) is 3. The van der Waals surface area contributed by atoms with E-state index in [0.29, 0.717) is 13.2 Å². The van der Waals surface area contributed by atoms with Gasteiger partial charge < -0.3 is 14.6 Å². The largest absolute Gasteiger partial charge is 0.497 e. The summed E-state index contributed by atoms with van der Waals surface area (Å²) in [6.07, 6.45) is 1.64. The van der Waals surface area contributed by atoms with Gasteiger partial charge in [-0.15, -0.1) is 0 Å². The molecule has 1 N–H and O–H groups in total. The molecule has 16 heavy (non-hydrogen) atoms. The van der Waals surface area contributed by atoms with Crippen molar-refractivity contribution < 1.29 is 14.6 Å². The van der Waals surface area contributed by atoms with E-state index in [1.165, 1.54) is 5.56 Å². The van der Waals surface area contributed by atoms with Crippen molar-refractivity contribution >= 4 is 0 Å². The minimum absolute atomic E-state index is 0.365. The average Bonchev–Trinajstić information content (AvgIpc) is 2.65. The molecule has 0 heterocycles. The third-order valence-corrected chi connectivity index (χ3v) is 3.17. The van der Waals surface area contributed by atoms with Crippen LogP contribution in [0.15, 0.2) is 18.2 Å². The molecule has 1 aliphatic carbocycles. The van der Waals surface area contributed by atoms with E-state index >= 15 is 0 Å². The predicted molar refractivity (Wildman–Crippen MR) is 61.7 cm³/mol. The highest BCUT2D eigenvalue weighted by Crippen LogP contribution is 2.38. The second kappa shape index (κ2) is 4.44. The van der Waals surface area contributed by atoms with E-state index in [1.807, 2.05) is 25.1 Å². The van der Waals surface area contributed by atoms with Gasteiger partial charge in [0, 0.05) is 6.61 Å². The number of aliphatic hydroxyl groups is 1. The number of aryl methyl sites for hydroxylation is 1. The summed E-state index contributed by atoms with van der Waals surface area (Å²) in [5, 5.41) is 10.5.